The van der Waals surface area contributed by atoms with Crippen molar-refractivity contribution in [1.82, 2.24) is 0 Å². The lowest BCUT2D eigenvalue weighted by Gasteiger charge is -2.50. The lowest BCUT2D eigenvalue weighted by Crippen LogP contribution is -2.43. The van der Waals surface area contributed by atoms with Gasteiger partial charge in [-0.15, -0.1) is 0 Å². The van der Waals surface area contributed by atoms with Crippen molar-refractivity contribution in [3.8, 4) is 0 Å². The Hall–Kier alpha value is -1.18. The Morgan fingerprint density at radius 2 is 2.05 bits per heavy atom. The van der Waals surface area contributed by atoms with E-state index in [2.05, 4.69) is 37.3 Å². The van der Waals surface area contributed by atoms with Crippen LogP contribution in [0.4, 0.5) is 8.78 Å². The molecule has 0 aromatic heterocycles. The zero-order valence-electron chi connectivity index (χ0n) is 12.5. The van der Waals surface area contributed by atoms with Gasteiger partial charge in [0.1, 0.15) is 0 Å². The molecule has 21 heavy (non-hydrogen) atoms. The summed E-state index contributed by atoms with van der Waals surface area (Å²) in [5, 5.41) is 0. The van der Waals surface area contributed by atoms with E-state index < -0.39 is 6.08 Å². The third kappa shape index (κ3) is 1.84. The molecule has 0 aromatic rings. The monoisotopic (exact) mass is 288 g/mol. The van der Waals surface area contributed by atoms with E-state index in [0.29, 0.717) is 35.7 Å². The Morgan fingerprint density at radius 3 is 2.86 bits per heavy atom. The van der Waals surface area contributed by atoms with Gasteiger partial charge in [-0.1, -0.05) is 37.3 Å². The molecule has 2 heteroatoms. The Kier molecular flexibility index (Phi) is 2.99. The van der Waals surface area contributed by atoms with Gasteiger partial charge >= 0.3 is 0 Å². The standard InChI is InChI=1S/C19H22F2/c1-19-11-10-14-13-5-3-2-4-12(13)6-7-15(14)16(19)8-9-17(19)18(20)21/h2-6,13-16H,7-11H2,1H3/t13-,14+,15+,16-,19-/m0/s1. The summed E-state index contributed by atoms with van der Waals surface area (Å²) < 4.78 is 26.6. The van der Waals surface area contributed by atoms with E-state index in [0.717, 1.165) is 25.7 Å². The third-order valence-electron chi connectivity index (χ3n) is 6.70. The van der Waals surface area contributed by atoms with Crippen LogP contribution in [0.25, 0.3) is 0 Å². The molecule has 0 radical (unpaired) electrons. The molecule has 0 N–H and O–H groups in total. The first-order valence-electron chi connectivity index (χ1n) is 8.21. The third-order valence-corrected chi connectivity index (χ3v) is 6.70. The highest BCUT2D eigenvalue weighted by Crippen LogP contribution is 2.63. The predicted molar refractivity (Wildman–Crippen MR) is 80.8 cm³/mol. The van der Waals surface area contributed by atoms with E-state index in [1.165, 1.54) is 5.57 Å². The maximum Gasteiger partial charge on any atom is 0.270 e. The number of fused-ring (bicyclic) bond motifs is 5. The van der Waals surface area contributed by atoms with Crippen LogP contribution in [-0.2, 0) is 0 Å². The van der Waals surface area contributed by atoms with Gasteiger partial charge in [0.25, 0.3) is 6.08 Å². The smallest absolute Gasteiger partial charge is 0.173 e. The molecule has 0 spiro atoms. The van der Waals surface area contributed by atoms with E-state index in [-0.39, 0.29) is 5.41 Å². The molecular formula is C19H22F2. The molecule has 0 unspecified atom stereocenters. The van der Waals surface area contributed by atoms with Crippen LogP contribution in [0.1, 0.15) is 39.0 Å². The molecule has 0 saturated heterocycles. The summed E-state index contributed by atoms with van der Waals surface area (Å²) in [6.45, 7) is 2.10. The average Bonchev–Trinajstić information content (AvgIpc) is 2.84. The van der Waals surface area contributed by atoms with Crippen LogP contribution in [0.3, 0.4) is 0 Å². The van der Waals surface area contributed by atoms with Gasteiger partial charge in [0.15, 0.2) is 0 Å². The summed E-state index contributed by atoms with van der Waals surface area (Å²) in [5.41, 5.74) is 1.69. The Balaban J connectivity index is 1.70. The summed E-state index contributed by atoms with van der Waals surface area (Å²) in [6.07, 6.45) is 14.5. The predicted octanol–water partition coefficient (Wildman–Crippen LogP) is 5.65. The number of rotatable bonds is 0. The molecule has 4 rings (SSSR count). The van der Waals surface area contributed by atoms with Crippen LogP contribution < -0.4 is 0 Å². The molecule has 0 nitrogen and oxygen atoms in total. The van der Waals surface area contributed by atoms with E-state index in [1.54, 1.807) is 0 Å². The summed E-state index contributed by atoms with van der Waals surface area (Å²) >= 11 is 0. The minimum Gasteiger partial charge on any atom is -0.173 e. The van der Waals surface area contributed by atoms with Crippen molar-refractivity contribution in [3.05, 3.63) is 47.6 Å². The van der Waals surface area contributed by atoms with Crippen molar-refractivity contribution < 1.29 is 8.78 Å². The summed E-state index contributed by atoms with van der Waals surface area (Å²) in [7, 11) is 0. The van der Waals surface area contributed by atoms with Crippen LogP contribution in [-0.4, -0.2) is 0 Å². The molecule has 2 fully saturated rings. The van der Waals surface area contributed by atoms with Crippen molar-refractivity contribution >= 4 is 0 Å². The van der Waals surface area contributed by atoms with Crippen molar-refractivity contribution in [2.45, 2.75) is 39.0 Å². The van der Waals surface area contributed by atoms with Gasteiger partial charge in [0.2, 0.25) is 0 Å². The van der Waals surface area contributed by atoms with Gasteiger partial charge in [-0.25, -0.2) is 0 Å². The Bertz CT molecular complexity index is 576. The minimum absolute atomic E-state index is 0.237. The second-order valence-electron chi connectivity index (χ2n) is 7.38. The molecule has 0 heterocycles. The number of hydrogen-bond donors (Lipinski definition) is 0. The van der Waals surface area contributed by atoms with E-state index in [4.69, 9.17) is 0 Å². The van der Waals surface area contributed by atoms with Crippen molar-refractivity contribution in [3.63, 3.8) is 0 Å². The first-order valence-corrected chi connectivity index (χ1v) is 8.21. The Morgan fingerprint density at radius 1 is 1.19 bits per heavy atom. The highest BCUT2D eigenvalue weighted by atomic mass is 19.3. The van der Waals surface area contributed by atoms with E-state index >= 15 is 0 Å². The fourth-order valence-electron chi connectivity index (χ4n) is 5.66. The summed E-state index contributed by atoms with van der Waals surface area (Å²) in [5.74, 6) is 2.23. The lowest BCUT2D eigenvalue weighted by molar-refractivity contribution is 0.0401. The second-order valence-corrected chi connectivity index (χ2v) is 7.38. The van der Waals surface area contributed by atoms with Gasteiger partial charge in [-0.05, 0) is 60.8 Å². The van der Waals surface area contributed by atoms with Gasteiger partial charge in [0, 0.05) is 11.5 Å². The molecule has 2 saturated carbocycles. The molecule has 112 valence electrons. The first-order chi connectivity index (χ1) is 10.1. The highest BCUT2D eigenvalue weighted by Gasteiger charge is 2.54. The van der Waals surface area contributed by atoms with Crippen molar-refractivity contribution in [2.75, 3.05) is 0 Å². The zero-order valence-corrected chi connectivity index (χ0v) is 12.5. The molecular weight excluding hydrogens is 266 g/mol. The molecule has 0 bridgehead atoms. The maximum atomic E-state index is 13.3. The quantitative estimate of drug-likeness (QED) is 0.540. The summed E-state index contributed by atoms with van der Waals surface area (Å²) in [6, 6.07) is 0. The van der Waals surface area contributed by atoms with Crippen LogP contribution in [0, 0.1) is 29.1 Å². The SMILES string of the molecule is C[C@]12CC[C@H]3[C@@H](CC=C4C=CC=C[C@@H]43)[C@@H]1CCC2=C(F)F. The lowest BCUT2D eigenvalue weighted by atomic mass is 9.54. The van der Waals surface area contributed by atoms with Gasteiger partial charge in [-0.2, -0.15) is 8.78 Å². The second kappa shape index (κ2) is 4.66. The van der Waals surface area contributed by atoms with Gasteiger partial charge in [0.05, 0.1) is 0 Å². The number of hydrogen-bond acceptors (Lipinski definition) is 0. The molecule has 0 aromatic carbocycles. The normalized spacial score (nSPS) is 44.0. The van der Waals surface area contributed by atoms with Crippen LogP contribution in [0.2, 0.25) is 0 Å². The van der Waals surface area contributed by atoms with E-state index in [9.17, 15) is 8.78 Å². The average molecular weight is 288 g/mol. The maximum absolute atomic E-state index is 13.3. The molecule has 0 aliphatic heterocycles. The van der Waals surface area contributed by atoms with Crippen LogP contribution >= 0.6 is 0 Å². The topological polar surface area (TPSA) is 0 Å². The minimum atomic E-state index is -1.40. The molecule has 4 aliphatic carbocycles. The van der Waals surface area contributed by atoms with Crippen LogP contribution in [0.15, 0.2) is 47.6 Å². The zero-order chi connectivity index (χ0) is 14.6. The van der Waals surface area contributed by atoms with Gasteiger partial charge in [-0.3, -0.25) is 0 Å². The van der Waals surface area contributed by atoms with E-state index in [1.807, 2.05) is 0 Å². The largest absolute Gasteiger partial charge is 0.270 e. The summed E-state index contributed by atoms with van der Waals surface area (Å²) in [4.78, 5) is 0. The first kappa shape index (κ1) is 13.5. The van der Waals surface area contributed by atoms with Crippen molar-refractivity contribution in [1.29, 1.82) is 0 Å². The highest BCUT2D eigenvalue weighted by molar-refractivity contribution is 5.37. The van der Waals surface area contributed by atoms with Crippen LogP contribution in [0.5, 0.6) is 0 Å². The van der Waals surface area contributed by atoms with Gasteiger partial charge < -0.3 is 0 Å². The fourth-order valence-corrected chi connectivity index (χ4v) is 5.66. The van der Waals surface area contributed by atoms with Crippen molar-refractivity contribution in [2.24, 2.45) is 29.1 Å². The molecule has 4 aliphatic rings. The fraction of sp³-hybridized carbons (Fsp3) is 0.579. The number of allylic oxidation sites excluding steroid dienone is 7. The number of halogens is 2. The Labute approximate surface area is 125 Å². The molecule has 0 amide bonds. The molecule has 5 atom stereocenters.